The first-order valence-electron chi connectivity index (χ1n) is 7.42. The van der Waals surface area contributed by atoms with Crippen molar-refractivity contribution in [1.29, 1.82) is 0 Å². The predicted octanol–water partition coefficient (Wildman–Crippen LogP) is 1.12. The van der Waals surface area contributed by atoms with Gasteiger partial charge in [-0.2, -0.15) is 4.98 Å². The average molecular weight is 259 g/mol. The van der Waals surface area contributed by atoms with Crippen molar-refractivity contribution in [2.45, 2.75) is 37.6 Å². The normalized spacial score (nSPS) is 30.4. The molecule has 3 N–H and O–H groups in total. The van der Waals surface area contributed by atoms with Crippen molar-refractivity contribution in [3.63, 3.8) is 0 Å². The minimum absolute atomic E-state index is 0.433. The summed E-state index contributed by atoms with van der Waals surface area (Å²) in [5, 5.41) is 3.63. The second-order valence-corrected chi connectivity index (χ2v) is 6.15. The Morgan fingerprint density at radius 1 is 1.21 bits per heavy atom. The number of nitrogens with zero attached hydrogens (tertiary/aromatic N) is 3. The third-order valence-corrected chi connectivity index (χ3v) is 4.67. The molecule has 19 heavy (non-hydrogen) atoms. The van der Waals surface area contributed by atoms with Crippen LogP contribution in [0.4, 0.5) is 11.8 Å². The topological polar surface area (TPSA) is 67.1 Å². The van der Waals surface area contributed by atoms with Crippen LogP contribution in [0, 0.1) is 5.92 Å². The summed E-state index contributed by atoms with van der Waals surface area (Å²) >= 11 is 0. The molecule has 0 aromatic carbocycles. The van der Waals surface area contributed by atoms with Crippen LogP contribution in [-0.4, -0.2) is 35.6 Å². The SMILES string of the molecule is Nc1nc(C2CC2)cc(N2CC3CCCNC3C2)n1. The maximum atomic E-state index is 5.87. The van der Waals surface area contributed by atoms with E-state index in [-0.39, 0.29) is 0 Å². The number of aromatic nitrogens is 2. The van der Waals surface area contributed by atoms with Gasteiger partial charge in [-0.15, -0.1) is 0 Å². The van der Waals surface area contributed by atoms with Crippen LogP contribution in [0.25, 0.3) is 0 Å². The van der Waals surface area contributed by atoms with Gasteiger partial charge in [-0.25, -0.2) is 4.98 Å². The lowest BCUT2D eigenvalue weighted by atomic mass is 9.94. The predicted molar refractivity (Wildman–Crippen MR) is 75.1 cm³/mol. The molecule has 4 rings (SSSR count). The molecule has 1 aliphatic carbocycles. The summed E-state index contributed by atoms with van der Waals surface area (Å²) in [5.74, 6) is 2.87. The molecule has 1 aromatic heterocycles. The van der Waals surface area contributed by atoms with E-state index >= 15 is 0 Å². The molecule has 5 nitrogen and oxygen atoms in total. The van der Waals surface area contributed by atoms with Gasteiger partial charge in [0.15, 0.2) is 0 Å². The molecule has 1 saturated carbocycles. The molecule has 5 heteroatoms. The van der Waals surface area contributed by atoms with Crippen molar-refractivity contribution in [2.24, 2.45) is 5.92 Å². The summed E-state index contributed by atoms with van der Waals surface area (Å²) in [7, 11) is 0. The molecule has 0 amide bonds. The Labute approximate surface area is 113 Å². The highest BCUT2D eigenvalue weighted by molar-refractivity contribution is 5.46. The van der Waals surface area contributed by atoms with Gasteiger partial charge >= 0.3 is 0 Å². The zero-order chi connectivity index (χ0) is 12.8. The summed E-state index contributed by atoms with van der Waals surface area (Å²) in [5.41, 5.74) is 7.02. The monoisotopic (exact) mass is 259 g/mol. The first-order valence-corrected chi connectivity index (χ1v) is 7.42. The van der Waals surface area contributed by atoms with Gasteiger partial charge in [-0.05, 0) is 38.1 Å². The van der Waals surface area contributed by atoms with Gasteiger partial charge in [0.1, 0.15) is 5.82 Å². The van der Waals surface area contributed by atoms with E-state index in [0.717, 1.165) is 37.1 Å². The lowest BCUT2D eigenvalue weighted by molar-refractivity contribution is 0.340. The van der Waals surface area contributed by atoms with Crippen molar-refractivity contribution < 1.29 is 0 Å². The summed E-state index contributed by atoms with van der Waals surface area (Å²) in [4.78, 5) is 11.2. The number of fused-ring (bicyclic) bond motifs is 1. The van der Waals surface area contributed by atoms with Gasteiger partial charge in [-0.3, -0.25) is 0 Å². The number of hydrogen-bond donors (Lipinski definition) is 2. The van der Waals surface area contributed by atoms with Crippen LogP contribution < -0.4 is 16.0 Å². The Bertz CT molecular complexity index is 471. The van der Waals surface area contributed by atoms with Gasteiger partial charge in [0.05, 0.1) is 5.69 Å². The van der Waals surface area contributed by atoms with Crippen LogP contribution in [0.3, 0.4) is 0 Å². The summed E-state index contributed by atoms with van der Waals surface area (Å²) < 4.78 is 0. The number of rotatable bonds is 2. The van der Waals surface area contributed by atoms with Crippen molar-refractivity contribution in [2.75, 3.05) is 30.3 Å². The van der Waals surface area contributed by atoms with Crippen LogP contribution in [0.5, 0.6) is 0 Å². The Hall–Kier alpha value is -1.36. The van der Waals surface area contributed by atoms with Gasteiger partial charge in [0.25, 0.3) is 0 Å². The highest BCUT2D eigenvalue weighted by atomic mass is 15.3. The number of nitrogens with two attached hydrogens (primary N) is 1. The lowest BCUT2D eigenvalue weighted by Gasteiger charge is -2.24. The number of anilines is 2. The fourth-order valence-electron chi connectivity index (χ4n) is 3.46. The third-order valence-electron chi connectivity index (χ3n) is 4.67. The molecule has 0 spiro atoms. The van der Waals surface area contributed by atoms with E-state index in [0.29, 0.717) is 17.9 Å². The first kappa shape index (κ1) is 11.5. The minimum Gasteiger partial charge on any atom is -0.368 e. The van der Waals surface area contributed by atoms with E-state index in [1.807, 2.05) is 0 Å². The zero-order valence-corrected chi connectivity index (χ0v) is 11.2. The number of nitrogens with one attached hydrogen (secondary N) is 1. The molecule has 102 valence electrons. The second kappa shape index (κ2) is 4.34. The molecule has 3 aliphatic rings. The van der Waals surface area contributed by atoms with Gasteiger partial charge < -0.3 is 16.0 Å². The highest BCUT2D eigenvalue weighted by Gasteiger charge is 2.35. The molecular formula is C14H21N5. The van der Waals surface area contributed by atoms with Crippen LogP contribution in [0.1, 0.15) is 37.3 Å². The second-order valence-electron chi connectivity index (χ2n) is 6.15. The molecular weight excluding hydrogens is 238 g/mol. The Kier molecular flexibility index (Phi) is 2.62. The first-order chi connectivity index (χ1) is 9.29. The Morgan fingerprint density at radius 2 is 2.11 bits per heavy atom. The standard InChI is InChI=1S/C14H21N5/c15-14-17-11(9-3-4-9)6-13(18-14)19-7-10-2-1-5-16-12(10)8-19/h6,9-10,12,16H,1-5,7-8H2,(H2,15,17,18). The molecule has 2 atom stereocenters. The van der Waals surface area contributed by atoms with Crippen LogP contribution >= 0.6 is 0 Å². The molecule has 2 unspecified atom stereocenters. The van der Waals surface area contributed by atoms with E-state index in [1.165, 1.54) is 25.7 Å². The van der Waals surface area contributed by atoms with E-state index in [4.69, 9.17) is 5.73 Å². The van der Waals surface area contributed by atoms with Crippen molar-refractivity contribution in [1.82, 2.24) is 15.3 Å². The quantitative estimate of drug-likeness (QED) is 0.833. The Morgan fingerprint density at radius 3 is 2.89 bits per heavy atom. The van der Waals surface area contributed by atoms with Gasteiger partial charge in [0, 0.05) is 31.1 Å². The van der Waals surface area contributed by atoms with Crippen LogP contribution in [0.15, 0.2) is 6.07 Å². The van der Waals surface area contributed by atoms with Crippen LogP contribution in [-0.2, 0) is 0 Å². The zero-order valence-electron chi connectivity index (χ0n) is 11.2. The average Bonchev–Trinajstić information content (AvgIpc) is 3.17. The van der Waals surface area contributed by atoms with E-state index in [9.17, 15) is 0 Å². The van der Waals surface area contributed by atoms with Crippen molar-refractivity contribution >= 4 is 11.8 Å². The highest BCUT2D eigenvalue weighted by Crippen LogP contribution is 2.40. The lowest BCUT2D eigenvalue weighted by Crippen LogP contribution is -2.40. The maximum Gasteiger partial charge on any atom is 0.222 e. The smallest absolute Gasteiger partial charge is 0.222 e. The summed E-state index contributed by atoms with van der Waals surface area (Å²) in [6, 6.07) is 2.79. The summed E-state index contributed by atoms with van der Waals surface area (Å²) in [6.07, 6.45) is 5.14. The number of hydrogen-bond acceptors (Lipinski definition) is 5. The minimum atomic E-state index is 0.433. The van der Waals surface area contributed by atoms with E-state index in [1.54, 1.807) is 0 Å². The van der Waals surface area contributed by atoms with E-state index < -0.39 is 0 Å². The molecule has 2 saturated heterocycles. The number of piperidine rings is 1. The van der Waals surface area contributed by atoms with Gasteiger partial charge in [0.2, 0.25) is 5.95 Å². The van der Waals surface area contributed by atoms with Gasteiger partial charge in [-0.1, -0.05) is 0 Å². The number of nitrogen functional groups attached to an aromatic ring is 1. The van der Waals surface area contributed by atoms with E-state index in [2.05, 4.69) is 26.3 Å². The molecule has 3 heterocycles. The largest absolute Gasteiger partial charge is 0.368 e. The summed E-state index contributed by atoms with van der Waals surface area (Å²) in [6.45, 7) is 3.33. The molecule has 0 bridgehead atoms. The van der Waals surface area contributed by atoms with Crippen molar-refractivity contribution in [3.05, 3.63) is 11.8 Å². The van der Waals surface area contributed by atoms with Crippen LogP contribution in [0.2, 0.25) is 0 Å². The fraction of sp³-hybridized carbons (Fsp3) is 0.714. The molecule has 1 aromatic rings. The maximum absolute atomic E-state index is 5.87. The Balaban J connectivity index is 1.58. The van der Waals surface area contributed by atoms with Crippen molar-refractivity contribution in [3.8, 4) is 0 Å². The third kappa shape index (κ3) is 2.16. The molecule has 3 fully saturated rings. The molecule has 0 radical (unpaired) electrons. The fourth-order valence-corrected chi connectivity index (χ4v) is 3.46. The molecule has 2 aliphatic heterocycles.